The number of benzene rings is 2. The summed E-state index contributed by atoms with van der Waals surface area (Å²) in [5.41, 5.74) is 4.81. The number of hydrogen-bond acceptors (Lipinski definition) is 4. The number of rotatable bonds is 6. The van der Waals surface area contributed by atoms with Gasteiger partial charge in [-0.15, -0.1) is 11.3 Å². The summed E-state index contributed by atoms with van der Waals surface area (Å²) in [7, 11) is 0. The Morgan fingerprint density at radius 3 is 2.55 bits per heavy atom. The van der Waals surface area contributed by atoms with Gasteiger partial charge in [0.2, 0.25) is 0 Å². The molecule has 6 heteroatoms. The molecule has 1 amide bonds. The molecule has 1 aliphatic heterocycles. The molecule has 2 atom stereocenters. The van der Waals surface area contributed by atoms with Crippen molar-refractivity contribution in [1.82, 2.24) is 0 Å². The predicted octanol–water partition coefficient (Wildman–Crippen LogP) is 3.56. The Bertz CT molecular complexity index is 1080. The maximum absolute atomic E-state index is 13.1. The van der Waals surface area contributed by atoms with E-state index < -0.39 is 5.97 Å². The first kappa shape index (κ1) is 21.3. The van der Waals surface area contributed by atoms with Crippen LogP contribution in [0.1, 0.15) is 35.3 Å². The molecule has 0 aliphatic carbocycles. The van der Waals surface area contributed by atoms with Gasteiger partial charge in [0, 0.05) is 22.9 Å². The summed E-state index contributed by atoms with van der Waals surface area (Å²) in [6.45, 7) is 5.76. The second-order valence-electron chi connectivity index (χ2n) is 7.75. The van der Waals surface area contributed by atoms with Crippen LogP contribution in [0.2, 0.25) is 0 Å². The highest BCUT2D eigenvalue weighted by molar-refractivity contribution is 7.15. The van der Waals surface area contributed by atoms with Crippen LogP contribution in [0.5, 0.6) is 0 Å². The van der Waals surface area contributed by atoms with Gasteiger partial charge in [0.1, 0.15) is 17.1 Å². The minimum Gasteiger partial charge on any atom is -0.462 e. The van der Waals surface area contributed by atoms with Gasteiger partial charge in [0.15, 0.2) is 6.04 Å². The van der Waals surface area contributed by atoms with E-state index in [1.54, 1.807) is 6.92 Å². The third-order valence-corrected chi connectivity index (χ3v) is 6.74. The zero-order valence-corrected chi connectivity index (χ0v) is 18.6. The van der Waals surface area contributed by atoms with Crippen molar-refractivity contribution in [1.29, 1.82) is 0 Å². The van der Waals surface area contributed by atoms with Gasteiger partial charge in [0.25, 0.3) is 5.91 Å². The molecular weight excluding hydrogens is 408 g/mol. The molecule has 2 N–H and O–H groups in total. The number of carbonyl (C=O) groups excluding carboxylic acids is 2. The summed E-state index contributed by atoms with van der Waals surface area (Å²) < 4.78 is 5.30. The van der Waals surface area contributed by atoms with Gasteiger partial charge < -0.3 is 15.0 Å². The molecule has 31 heavy (non-hydrogen) atoms. The number of quaternary nitrogens is 1. The van der Waals surface area contributed by atoms with E-state index in [0.29, 0.717) is 10.6 Å². The zero-order valence-electron chi connectivity index (χ0n) is 17.8. The van der Waals surface area contributed by atoms with E-state index >= 15 is 0 Å². The zero-order chi connectivity index (χ0) is 21.8. The fraction of sp³-hybridized carbons (Fsp3) is 0.280. The van der Waals surface area contributed by atoms with Gasteiger partial charge in [-0.05, 0) is 25.0 Å². The summed E-state index contributed by atoms with van der Waals surface area (Å²) in [5.74, 6) is -0.494. The first-order valence-corrected chi connectivity index (χ1v) is 11.5. The van der Waals surface area contributed by atoms with Crippen LogP contribution in [-0.4, -0.2) is 31.1 Å². The number of nitrogens with one attached hydrogen (secondary N) is 2. The average Bonchev–Trinajstić information content (AvgIpc) is 3.22. The number of esters is 1. The Hall–Kier alpha value is -2.96. The predicted molar refractivity (Wildman–Crippen MR) is 123 cm³/mol. The number of fused-ring (bicyclic) bond motifs is 1. The molecule has 0 spiro atoms. The van der Waals surface area contributed by atoms with E-state index in [9.17, 15) is 9.59 Å². The van der Waals surface area contributed by atoms with Crippen molar-refractivity contribution in [3.8, 4) is 11.1 Å². The van der Waals surface area contributed by atoms with Crippen LogP contribution in [0.3, 0.4) is 0 Å². The molecule has 0 radical (unpaired) electrons. The molecule has 2 heterocycles. The molecule has 3 aromatic rings. The van der Waals surface area contributed by atoms with Gasteiger partial charge in [-0.3, -0.25) is 4.79 Å². The van der Waals surface area contributed by atoms with Crippen LogP contribution in [-0.2, 0) is 22.5 Å². The first-order valence-electron chi connectivity index (χ1n) is 10.6. The largest absolute Gasteiger partial charge is 0.462 e. The van der Waals surface area contributed by atoms with Crippen molar-refractivity contribution in [3.63, 3.8) is 0 Å². The summed E-state index contributed by atoms with van der Waals surface area (Å²) in [4.78, 5) is 27.1. The SMILES string of the molecule is CCOC(=O)c1c(-c2ccccc2)csc1NC(=O)[C@H](C)[NH+]1CCc2ccccc2C1. The summed E-state index contributed by atoms with van der Waals surface area (Å²) in [6.07, 6.45) is 0.967. The molecule has 0 saturated carbocycles. The Kier molecular flexibility index (Phi) is 6.49. The summed E-state index contributed by atoms with van der Waals surface area (Å²) in [5, 5.41) is 5.47. The highest BCUT2D eigenvalue weighted by Crippen LogP contribution is 2.36. The normalized spacial score (nSPS) is 16.3. The van der Waals surface area contributed by atoms with Crippen LogP contribution < -0.4 is 10.2 Å². The van der Waals surface area contributed by atoms with E-state index in [2.05, 4.69) is 29.6 Å². The van der Waals surface area contributed by atoms with Crippen LogP contribution in [0.4, 0.5) is 5.00 Å². The number of amides is 1. The van der Waals surface area contributed by atoms with E-state index in [1.165, 1.54) is 27.4 Å². The molecule has 0 fully saturated rings. The second-order valence-corrected chi connectivity index (χ2v) is 8.63. The smallest absolute Gasteiger partial charge is 0.341 e. The monoisotopic (exact) mass is 435 g/mol. The van der Waals surface area contributed by atoms with Crippen LogP contribution in [0.25, 0.3) is 11.1 Å². The lowest BCUT2D eigenvalue weighted by Crippen LogP contribution is -3.16. The topological polar surface area (TPSA) is 59.8 Å². The fourth-order valence-electron chi connectivity index (χ4n) is 4.06. The fourth-order valence-corrected chi connectivity index (χ4v) is 5.02. The molecule has 160 valence electrons. The Balaban J connectivity index is 1.55. The van der Waals surface area contributed by atoms with Gasteiger partial charge in [-0.25, -0.2) is 4.79 Å². The third-order valence-electron chi connectivity index (χ3n) is 5.85. The highest BCUT2D eigenvalue weighted by atomic mass is 32.1. The lowest BCUT2D eigenvalue weighted by molar-refractivity contribution is -0.929. The molecule has 1 aliphatic rings. The van der Waals surface area contributed by atoms with Crippen molar-refractivity contribution in [3.05, 3.63) is 76.7 Å². The molecule has 2 aromatic carbocycles. The van der Waals surface area contributed by atoms with Crippen molar-refractivity contribution in [2.75, 3.05) is 18.5 Å². The molecule has 0 bridgehead atoms. The van der Waals surface area contributed by atoms with Gasteiger partial charge >= 0.3 is 5.97 Å². The van der Waals surface area contributed by atoms with Gasteiger partial charge in [-0.1, -0.05) is 54.6 Å². The summed E-state index contributed by atoms with van der Waals surface area (Å²) in [6, 6.07) is 17.9. The van der Waals surface area contributed by atoms with E-state index in [4.69, 9.17) is 4.74 Å². The van der Waals surface area contributed by atoms with Gasteiger partial charge in [-0.2, -0.15) is 0 Å². The van der Waals surface area contributed by atoms with Crippen LogP contribution in [0.15, 0.2) is 60.0 Å². The van der Waals surface area contributed by atoms with Crippen LogP contribution in [0, 0.1) is 0 Å². The van der Waals surface area contributed by atoms with E-state index in [1.807, 2.05) is 42.6 Å². The maximum Gasteiger partial charge on any atom is 0.341 e. The Labute approximate surface area is 186 Å². The summed E-state index contributed by atoms with van der Waals surface area (Å²) >= 11 is 1.36. The van der Waals surface area contributed by atoms with Crippen LogP contribution >= 0.6 is 11.3 Å². The average molecular weight is 436 g/mol. The number of hydrogen-bond donors (Lipinski definition) is 2. The van der Waals surface area contributed by atoms with Crippen molar-refractivity contribution >= 4 is 28.2 Å². The molecule has 5 nitrogen and oxygen atoms in total. The first-order chi connectivity index (χ1) is 15.1. The second kappa shape index (κ2) is 9.45. The molecule has 1 unspecified atom stereocenters. The number of ether oxygens (including phenoxy) is 1. The number of thiophene rings is 1. The Morgan fingerprint density at radius 2 is 1.81 bits per heavy atom. The highest BCUT2D eigenvalue weighted by Gasteiger charge is 2.31. The third kappa shape index (κ3) is 4.55. The standard InChI is InChI=1S/C25H26N2O3S/c1-3-30-25(29)22-21(19-10-5-4-6-11-19)16-31-24(22)26-23(28)17(2)27-14-13-18-9-7-8-12-20(18)15-27/h4-12,16-17H,3,13-15H2,1-2H3,(H,26,28)/p+1/t17-/m0/s1. The minimum absolute atomic E-state index is 0.0820. The lowest BCUT2D eigenvalue weighted by Gasteiger charge is -2.30. The van der Waals surface area contributed by atoms with E-state index in [0.717, 1.165) is 30.6 Å². The van der Waals surface area contributed by atoms with Gasteiger partial charge in [0.05, 0.1) is 13.2 Å². The quantitative estimate of drug-likeness (QED) is 0.582. The Morgan fingerprint density at radius 1 is 1.10 bits per heavy atom. The number of carbonyl (C=O) groups is 2. The van der Waals surface area contributed by atoms with Crippen molar-refractivity contribution in [2.45, 2.75) is 32.9 Å². The van der Waals surface area contributed by atoms with Crippen molar-refractivity contribution < 1.29 is 19.2 Å². The molecule has 1 aromatic heterocycles. The minimum atomic E-state index is -0.412. The maximum atomic E-state index is 13.1. The number of anilines is 1. The van der Waals surface area contributed by atoms with E-state index in [-0.39, 0.29) is 18.6 Å². The van der Waals surface area contributed by atoms with Crippen molar-refractivity contribution in [2.24, 2.45) is 0 Å². The molecular formula is C25H27N2O3S+. The lowest BCUT2D eigenvalue weighted by atomic mass is 9.98. The molecule has 0 saturated heterocycles. The molecule has 4 rings (SSSR count).